The highest BCUT2D eigenvalue weighted by Crippen LogP contribution is 2.32. The van der Waals surface area contributed by atoms with Crippen LogP contribution in [0.3, 0.4) is 0 Å². The van der Waals surface area contributed by atoms with E-state index in [-0.39, 0.29) is 6.54 Å². The summed E-state index contributed by atoms with van der Waals surface area (Å²) in [6, 6.07) is 0. The zero-order chi connectivity index (χ0) is 9.24. The van der Waals surface area contributed by atoms with Gasteiger partial charge in [0, 0.05) is 12.1 Å². The van der Waals surface area contributed by atoms with Crippen molar-refractivity contribution in [3.05, 3.63) is 0 Å². The van der Waals surface area contributed by atoms with Gasteiger partial charge in [-0.3, -0.25) is 0 Å². The van der Waals surface area contributed by atoms with Crippen molar-refractivity contribution in [1.82, 2.24) is 5.32 Å². The molecule has 0 aliphatic carbocycles. The molecule has 0 spiro atoms. The lowest BCUT2D eigenvalue weighted by Gasteiger charge is -2.28. The molecule has 1 atom stereocenters. The van der Waals surface area contributed by atoms with Gasteiger partial charge in [-0.25, -0.2) is 0 Å². The molecule has 0 radical (unpaired) electrons. The van der Waals surface area contributed by atoms with Crippen molar-refractivity contribution in [2.24, 2.45) is 5.73 Å². The lowest BCUT2D eigenvalue weighted by atomic mass is 9.93. The molecule has 3 N–H and O–H groups in total. The summed E-state index contributed by atoms with van der Waals surface area (Å²) in [6.45, 7) is 0.708. The van der Waals surface area contributed by atoms with Gasteiger partial charge in [0.2, 0.25) is 0 Å². The van der Waals surface area contributed by atoms with E-state index in [1.807, 2.05) is 0 Å². The van der Waals surface area contributed by atoms with Gasteiger partial charge in [-0.15, -0.1) is 0 Å². The van der Waals surface area contributed by atoms with E-state index in [1.54, 1.807) is 0 Å². The van der Waals surface area contributed by atoms with Crippen LogP contribution in [0.15, 0.2) is 0 Å². The molecule has 0 bridgehead atoms. The van der Waals surface area contributed by atoms with E-state index in [9.17, 15) is 13.2 Å². The summed E-state index contributed by atoms with van der Waals surface area (Å²) in [6.07, 6.45) is -3.61. The van der Waals surface area contributed by atoms with Crippen molar-refractivity contribution in [1.29, 1.82) is 0 Å². The van der Waals surface area contributed by atoms with Crippen molar-refractivity contribution in [2.45, 2.75) is 31.0 Å². The minimum absolute atomic E-state index is 0.0620. The Morgan fingerprint density at radius 1 is 1.42 bits per heavy atom. The Balaban J connectivity index is 2.55. The Morgan fingerprint density at radius 3 is 2.42 bits per heavy atom. The predicted molar refractivity (Wildman–Crippen MR) is 39.7 cm³/mol. The molecule has 5 heteroatoms. The minimum atomic E-state index is -4.11. The third-order valence-corrected chi connectivity index (χ3v) is 2.26. The summed E-state index contributed by atoms with van der Waals surface area (Å²) in [5.41, 5.74) is 4.44. The highest BCUT2D eigenvalue weighted by molar-refractivity contribution is 4.95. The summed E-state index contributed by atoms with van der Waals surface area (Å²) in [5.74, 6) is 0. The summed E-state index contributed by atoms with van der Waals surface area (Å²) in [4.78, 5) is 0. The van der Waals surface area contributed by atoms with Crippen LogP contribution >= 0.6 is 0 Å². The molecule has 1 aliphatic rings. The first-order chi connectivity index (χ1) is 5.47. The standard InChI is InChI=1S/C7H13F3N2/c8-7(9,10)4-6(5-11)2-1-3-12-6/h12H,1-5,11H2. The van der Waals surface area contributed by atoms with Gasteiger partial charge >= 0.3 is 6.18 Å². The van der Waals surface area contributed by atoms with Crippen LogP contribution in [0.2, 0.25) is 0 Å². The Bertz CT molecular complexity index is 149. The fourth-order valence-corrected chi connectivity index (χ4v) is 1.65. The smallest absolute Gasteiger partial charge is 0.329 e. The Hall–Kier alpha value is -0.290. The lowest BCUT2D eigenvalue weighted by Crippen LogP contribution is -2.49. The van der Waals surface area contributed by atoms with Crippen LogP contribution in [0.4, 0.5) is 13.2 Å². The SMILES string of the molecule is NCC1(CC(F)(F)F)CCCN1. The van der Waals surface area contributed by atoms with Crippen LogP contribution in [-0.4, -0.2) is 24.8 Å². The third-order valence-electron chi connectivity index (χ3n) is 2.26. The Kier molecular flexibility index (Phi) is 2.63. The van der Waals surface area contributed by atoms with Gasteiger partial charge < -0.3 is 11.1 Å². The molecule has 1 fully saturated rings. The van der Waals surface area contributed by atoms with E-state index < -0.39 is 18.1 Å². The van der Waals surface area contributed by atoms with Gasteiger partial charge in [-0.05, 0) is 19.4 Å². The van der Waals surface area contributed by atoms with Gasteiger partial charge in [0.25, 0.3) is 0 Å². The molecule has 1 unspecified atom stereocenters. The molecule has 0 aromatic rings. The van der Waals surface area contributed by atoms with Crippen LogP contribution < -0.4 is 11.1 Å². The normalized spacial score (nSPS) is 31.0. The quantitative estimate of drug-likeness (QED) is 0.669. The van der Waals surface area contributed by atoms with E-state index in [0.717, 1.165) is 6.42 Å². The van der Waals surface area contributed by atoms with E-state index in [2.05, 4.69) is 5.32 Å². The van der Waals surface area contributed by atoms with Gasteiger partial charge in [-0.2, -0.15) is 13.2 Å². The number of alkyl halides is 3. The van der Waals surface area contributed by atoms with E-state index in [0.29, 0.717) is 13.0 Å². The molecule has 0 aromatic carbocycles. The van der Waals surface area contributed by atoms with E-state index in [4.69, 9.17) is 5.73 Å². The third kappa shape index (κ3) is 2.35. The molecule has 0 saturated carbocycles. The zero-order valence-electron chi connectivity index (χ0n) is 6.75. The molecule has 1 saturated heterocycles. The maximum atomic E-state index is 12.0. The van der Waals surface area contributed by atoms with Gasteiger partial charge in [0.05, 0.1) is 6.42 Å². The van der Waals surface area contributed by atoms with Crippen LogP contribution in [0.1, 0.15) is 19.3 Å². The Morgan fingerprint density at radius 2 is 2.08 bits per heavy atom. The van der Waals surface area contributed by atoms with Crippen LogP contribution in [0.5, 0.6) is 0 Å². The number of nitrogens with two attached hydrogens (primary N) is 1. The molecule has 12 heavy (non-hydrogen) atoms. The summed E-state index contributed by atoms with van der Waals surface area (Å²) in [7, 11) is 0. The molecule has 0 amide bonds. The van der Waals surface area contributed by atoms with Crippen molar-refractivity contribution < 1.29 is 13.2 Å². The second kappa shape index (κ2) is 3.22. The van der Waals surface area contributed by atoms with Crippen LogP contribution in [-0.2, 0) is 0 Å². The maximum Gasteiger partial charge on any atom is 0.390 e. The summed E-state index contributed by atoms with van der Waals surface area (Å²) in [5, 5.41) is 2.83. The van der Waals surface area contributed by atoms with E-state index in [1.165, 1.54) is 0 Å². The fourth-order valence-electron chi connectivity index (χ4n) is 1.65. The largest absolute Gasteiger partial charge is 0.390 e. The molecular formula is C7H13F3N2. The molecule has 1 aliphatic heterocycles. The van der Waals surface area contributed by atoms with Crippen molar-refractivity contribution >= 4 is 0 Å². The topological polar surface area (TPSA) is 38.0 Å². The predicted octanol–water partition coefficient (Wildman–Crippen LogP) is 1.02. The molecule has 1 heterocycles. The average molecular weight is 182 g/mol. The van der Waals surface area contributed by atoms with E-state index >= 15 is 0 Å². The summed E-state index contributed by atoms with van der Waals surface area (Å²) >= 11 is 0. The first-order valence-corrected chi connectivity index (χ1v) is 3.99. The second-order valence-electron chi connectivity index (χ2n) is 3.31. The molecule has 2 nitrogen and oxygen atoms in total. The molecule has 0 aromatic heterocycles. The van der Waals surface area contributed by atoms with Gasteiger partial charge in [-0.1, -0.05) is 0 Å². The average Bonchev–Trinajstić information content (AvgIpc) is 2.34. The first-order valence-electron chi connectivity index (χ1n) is 3.99. The lowest BCUT2D eigenvalue weighted by molar-refractivity contribution is -0.148. The maximum absolute atomic E-state index is 12.0. The molecule has 72 valence electrons. The molecule has 1 rings (SSSR count). The monoisotopic (exact) mass is 182 g/mol. The van der Waals surface area contributed by atoms with Gasteiger partial charge in [0.1, 0.15) is 0 Å². The second-order valence-corrected chi connectivity index (χ2v) is 3.31. The number of hydrogen-bond donors (Lipinski definition) is 2. The number of rotatable bonds is 2. The minimum Gasteiger partial charge on any atom is -0.329 e. The van der Waals surface area contributed by atoms with Crippen molar-refractivity contribution in [3.8, 4) is 0 Å². The van der Waals surface area contributed by atoms with Crippen LogP contribution in [0.25, 0.3) is 0 Å². The summed E-state index contributed by atoms with van der Waals surface area (Å²) < 4.78 is 36.1. The zero-order valence-corrected chi connectivity index (χ0v) is 6.75. The van der Waals surface area contributed by atoms with Crippen molar-refractivity contribution in [3.63, 3.8) is 0 Å². The first kappa shape index (κ1) is 9.80. The number of hydrogen-bond acceptors (Lipinski definition) is 2. The Labute approximate surface area is 69.3 Å². The van der Waals surface area contributed by atoms with Crippen LogP contribution in [0, 0.1) is 0 Å². The molecular weight excluding hydrogens is 169 g/mol. The number of nitrogens with one attached hydrogen (secondary N) is 1. The van der Waals surface area contributed by atoms with Gasteiger partial charge in [0.15, 0.2) is 0 Å². The highest BCUT2D eigenvalue weighted by Gasteiger charge is 2.42. The fraction of sp³-hybridized carbons (Fsp3) is 1.00. The highest BCUT2D eigenvalue weighted by atomic mass is 19.4. The van der Waals surface area contributed by atoms with Crippen molar-refractivity contribution in [2.75, 3.05) is 13.1 Å². The number of halogens is 3.